The van der Waals surface area contributed by atoms with Crippen LogP contribution in [0.25, 0.3) is 0 Å². The molecule has 0 saturated heterocycles. The predicted molar refractivity (Wildman–Crippen MR) is 71.6 cm³/mol. The van der Waals surface area contributed by atoms with E-state index < -0.39 is 4.92 Å². The Labute approximate surface area is 106 Å². The van der Waals surface area contributed by atoms with Gasteiger partial charge in [0.25, 0.3) is 5.69 Å². The van der Waals surface area contributed by atoms with Crippen molar-refractivity contribution >= 4 is 11.4 Å². The van der Waals surface area contributed by atoms with Gasteiger partial charge in [-0.15, -0.1) is 13.2 Å². The number of nitro benzene ring substituents is 1. The Morgan fingerprint density at radius 3 is 2.39 bits per heavy atom. The van der Waals surface area contributed by atoms with E-state index in [1.807, 2.05) is 0 Å². The first-order chi connectivity index (χ1) is 8.63. The molecule has 0 aromatic heterocycles. The minimum atomic E-state index is -0.451. The summed E-state index contributed by atoms with van der Waals surface area (Å²) in [5.74, 6) is 0. The van der Waals surface area contributed by atoms with Gasteiger partial charge in [-0.1, -0.05) is 18.2 Å². The van der Waals surface area contributed by atoms with Crippen molar-refractivity contribution < 1.29 is 10.0 Å². The number of anilines is 1. The minimum absolute atomic E-state index is 0.0229. The largest absolute Gasteiger partial charge is 0.392 e. The van der Waals surface area contributed by atoms with Crippen LogP contribution in [0.5, 0.6) is 0 Å². The van der Waals surface area contributed by atoms with E-state index in [4.69, 9.17) is 5.11 Å². The number of benzene rings is 1. The van der Waals surface area contributed by atoms with Gasteiger partial charge in [0.1, 0.15) is 5.69 Å². The van der Waals surface area contributed by atoms with E-state index in [-0.39, 0.29) is 12.3 Å². The molecule has 1 N–H and O–H groups in total. The van der Waals surface area contributed by atoms with Crippen LogP contribution in [0.4, 0.5) is 11.4 Å². The van der Waals surface area contributed by atoms with Crippen LogP contribution < -0.4 is 4.90 Å². The van der Waals surface area contributed by atoms with Gasteiger partial charge in [-0.2, -0.15) is 0 Å². The maximum absolute atomic E-state index is 11.0. The molecule has 1 rings (SSSR count). The maximum atomic E-state index is 11.0. The third-order valence-corrected chi connectivity index (χ3v) is 2.46. The predicted octanol–water partition coefficient (Wildman–Crippen LogP) is 2.27. The highest BCUT2D eigenvalue weighted by Gasteiger charge is 2.18. The van der Waals surface area contributed by atoms with E-state index in [1.54, 1.807) is 29.2 Å². The molecule has 0 fully saturated rings. The van der Waals surface area contributed by atoms with Crippen LogP contribution in [-0.4, -0.2) is 23.1 Å². The van der Waals surface area contributed by atoms with Gasteiger partial charge < -0.3 is 10.0 Å². The molecule has 0 bridgehead atoms. The van der Waals surface area contributed by atoms with Gasteiger partial charge in [0.2, 0.25) is 0 Å². The summed E-state index contributed by atoms with van der Waals surface area (Å²) >= 11 is 0. The molecule has 5 nitrogen and oxygen atoms in total. The fraction of sp³-hybridized carbons (Fsp3) is 0.231. The van der Waals surface area contributed by atoms with E-state index in [9.17, 15) is 10.1 Å². The quantitative estimate of drug-likeness (QED) is 0.456. The zero-order valence-electron chi connectivity index (χ0n) is 10.1. The molecule has 0 radical (unpaired) electrons. The lowest BCUT2D eigenvalue weighted by Gasteiger charge is -2.21. The monoisotopic (exact) mass is 248 g/mol. The summed E-state index contributed by atoms with van der Waals surface area (Å²) in [5.41, 5.74) is 0.991. The number of hydrogen-bond donors (Lipinski definition) is 1. The highest BCUT2D eigenvalue weighted by atomic mass is 16.6. The molecule has 1 aromatic carbocycles. The van der Waals surface area contributed by atoms with Crippen LogP contribution in [0.1, 0.15) is 5.56 Å². The number of hydrogen-bond acceptors (Lipinski definition) is 4. The van der Waals surface area contributed by atoms with Crippen molar-refractivity contribution in [1.29, 1.82) is 0 Å². The molecule has 0 saturated carbocycles. The number of nitro groups is 1. The third-order valence-electron chi connectivity index (χ3n) is 2.46. The molecule has 0 aliphatic rings. The Bertz CT molecular complexity index is 448. The zero-order valence-corrected chi connectivity index (χ0v) is 10.1. The first-order valence-electron chi connectivity index (χ1n) is 5.49. The van der Waals surface area contributed by atoms with Gasteiger partial charge in [0, 0.05) is 19.2 Å². The summed E-state index contributed by atoms with van der Waals surface area (Å²) in [6.07, 6.45) is 3.35. The van der Waals surface area contributed by atoms with Gasteiger partial charge in [0.05, 0.1) is 11.5 Å². The van der Waals surface area contributed by atoms with Crippen LogP contribution in [0, 0.1) is 10.1 Å². The van der Waals surface area contributed by atoms with Gasteiger partial charge >= 0.3 is 0 Å². The molecule has 0 spiro atoms. The Balaban J connectivity index is 3.22. The molecule has 0 aliphatic heterocycles. The molecule has 0 aliphatic carbocycles. The second kappa shape index (κ2) is 6.56. The molecule has 1 aromatic rings. The third kappa shape index (κ3) is 3.18. The van der Waals surface area contributed by atoms with Crippen molar-refractivity contribution in [2.24, 2.45) is 0 Å². The molecule has 18 heavy (non-hydrogen) atoms. The average Bonchev–Trinajstić information content (AvgIpc) is 2.37. The van der Waals surface area contributed by atoms with Gasteiger partial charge in [-0.3, -0.25) is 10.1 Å². The van der Waals surface area contributed by atoms with Gasteiger partial charge in [-0.25, -0.2) is 0 Å². The number of rotatable bonds is 7. The number of aliphatic hydroxyl groups excluding tert-OH is 1. The zero-order chi connectivity index (χ0) is 13.5. The summed E-state index contributed by atoms with van der Waals surface area (Å²) in [6, 6.07) is 4.69. The van der Waals surface area contributed by atoms with Crippen molar-refractivity contribution in [3.05, 3.63) is 59.2 Å². The Morgan fingerprint density at radius 2 is 1.94 bits per heavy atom. The Hall–Kier alpha value is -2.14. The highest BCUT2D eigenvalue weighted by Crippen LogP contribution is 2.29. The highest BCUT2D eigenvalue weighted by molar-refractivity contribution is 5.65. The number of nitrogens with zero attached hydrogens (tertiary/aromatic N) is 2. The lowest BCUT2D eigenvalue weighted by atomic mass is 10.1. The summed E-state index contributed by atoms with van der Waals surface area (Å²) in [6.45, 7) is 8.03. The minimum Gasteiger partial charge on any atom is -0.392 e. The van der Waals surface area contributed by atoms with Crippen LogP contribution >= 0.6 is 0 Å². The second-order valence-electron chi connectivity index (χ2n) is 3.72. The van der Waals surface area contributed by atoms with Crippen LogP contribution in [0.2, 0.25) is 0 Å². The molecule has 0 amide bonds. The number of aliphatic hydroxyl groups is 1. The van der Waals surface area contributed by atoms with Crippen molar-refractivity contribution in [2.45, 2.75) is 6.61 Å². The molecular formula is C13H16N2O3. The Morgan fingerprint density at radius 1 is 1.33 bits per heavy atom. The van der Waals surface area contributed by atoms with E-state index >= 15 is 0 Å². The Kier molecular flexibility index (Phi) is 5.07. The van der Waals surface area contributed by atoms with Crippen molar-refractivity contribution in [1.82, 2.24) is 0 Å². The van der Waals surface area contributed by atoms with Crippen molar-refractivity contribution in [3.8, 4) is 0 Å². The molecule has 0 unspecified atom stereocenters. The van der Waals surface area contributed by atoms with E-state index in [2.05, 4.69) is 13.2 Å². The summed E-state index contributed by atoms with van der Waals surface area (Å²) in [5, 5.41) is 20.1. The SMILES string of the molecule is C=CCN(CC=C)c1ccc(CO)cc1[N+](=O)[O-]. The molecule has 0 heterocycles. The first-order valence-corrected chi connectivity index (χ1v) is 5.49. The molecule has 0 atom stereocenters. The standard InChI is InChI=1S/C13H16N2O3/c1-3-7-14(8-4-2)12-6-5-11(10-16)9-13(12)15(17)18/h3-6,9,16H,1-2,7-8,10H2. The van der Waals surface area contributed by atoms with Crippen LogP contribution in [-0.2, 0) is 6.61 Å². The topological polar surface area (TPSA) is 66.6 Å². The van der Waals surface area contributed by atoms with E-state index in [0.717, 1.165) is 0 Å². The summed E-state index contributed by atoms with van der Waals surface area (Å²) in [7, 11) is 0. The fourth-order valence-corrected chi connectivity index (χ4v) is 1.66. The lowest BCUT2D eigenvalue weighted by Crippen LogP contribution is -2.24. The lowest BCUT2D eigenvalue weighted by molar-refractivity contribution is -0.384. The van der Waals surface area contributed by atoms with Crippen molar-refractivity contribution in [2.75, 3.05) is 18.0 Å². The van der Waals surface area contributed by atoms with Crippen molar-refractivity contribution in [3.63, 3.8) is 0 Å². The van der Waals surface area contributed by atoms with E-state index in [0.29, 0.717) is 24.3 Å². The normalized spacial score (nSPS) is 9.83. The maximum Gasteiger partial charge on any atom is 0.292 e. The molecule has 5 heteroatoms. The second-order valence-corrected chi connectivity index (χ2v) is 3.72. The molecular weight excluding hydrogens is 232 g/mol. The summed E-state index contributed by atoms with van der Waals surface area (Å²) < 4.78 is 0. The average molecular weight is 248 g/mol. The van der Waals surface area contributed by atoms with E-state index in [1.165, 1.54) is 6.07 Å². The van der Waals surface area contributed by atoms with Crippen LogP contribution in [0.15, 0.2) is 43.5 Å². The fourth-order valence-electron chi connectivity index (χ4n) is 1.66. The smallest absolute Gasteiger partial charge is 0.292 e. The van der Waals surface area contributed by atoms with Gasteiger partial charge in [-0.05, 0) is 11.6 Å². The first kappa shape index (κ1) is 13.9. The van der Waals surface area contributed by atoms with Crippen LogP contribution in [0.3, 0.4) is 0 Å². The van der Waals surface area contributed by atoms with Gasteiger partial charge in [0.15, 0.2) is 0 Å². The molecule has 96 valence electrons. The summed E-state index contributed by atoms with van der Waals surface area (Å²) in [4.78, 5) is 12.4.